The molecule has 2 nitrogen and oxygen atoms in total. The molecule has 11 heavy (non-hydrogen) atoms. The van der Waals surface area contributed by atoms with Gasteiger partial charge in [-0.1, -0.05) is 0 Å². The molecule has 1 aromatic rings. The van der Waals surface area contributed by atoms with Gasteiger partial charge in [-0.15, -0.1) is 0 Å². The molecule has 0 amide bonds. The summed E-state index contributed by atoms with van der Waals surface area (Å²) in [6.07, 6.45) is 5.12. The van der Waals surface area contributed by atoms with Gasteiger partial charge in [-0.05, 0) is 25.0 Å². The van der Waals surface area contributed by atoms with E-state index in [9.17, 15) is 0 Å². The van der Waals surface area contributed by atoms with Crippen LogP contribution in [-0.4, -0.2) is 10.5 Å². The molecule has 0 spiro atoms. The molecule has 1 saturated carbocycles. The third kappa shape index (κ3) is 0.553. The highest BCUT2D eigenvalue weighted by molar-refractivity contribution is 5.65. The van der Waals surface area contributed by atoms with E-state index in [2.05, 4.69) is 23.3 Å². The monoisotopic (exact) mass is 146 g/mol. The maximum atomic E-state index is 4.12. The van der Waals surface area contributed by atoms with Crippen molar-refractivity contribution in [3.05, 3.63) is 24.0 Å². The Morgan fingerprint density at radius 1 is 1.73 bits per heavy atom. The quantitative estimate of drug-likeness (QED) is 0.603. The maximum Gasteiger partial charge on any atom is 0.0423 e. The molecule has 56 valence electrons. The number of nitrogens with one attached hydrogen (secondary N) is 1. The first-order valence-corrected chi connectivity index (χ1v) is 4.02. The number of anilines is 1. The van der Waals surface area contributed by atoms with Crippen LogP contribution in [0.25, 0.3) is 0 Å². The van der Waals surface area contributed by atoms with E-state index in [4.69, 9.17) is 0 Å². The summed E-state index contributed by atoms with van der Waals surface area (Å²) in [6.45, 7) is 2.28. The first-order chi connectivity index (χ1) is 5.30. The average molecular weight is 146 g/mol. The van der Waals surface area contributed by atoms with E-state index in [0.29, 0.717) is 5.54 Å². The summed E-state index contributed by atoms with van der Waals surface area (Å²) in [6, 6.07) is 2.06. The molecule has 1 aliphatic carbocycles. The van der Waals surface area contributed by atoms with Gasteiger partial charge in [-0.2, -0.15) is 0 Å². The second kappa shape index (κ2) is 1.42. The van der Waals surface area contributed by atoms with Crippen LogP contribution in [0.5, 0.6) is 0 Å². The van der Waals surface area contributed by atoms with Gasteiger partial charge < -0.3 is 5.32 Å². The van der Waals surface area contributed by atoms with Gasteiger partial charge in [-0.3, -0.25) is 4.98 Å². The predicted octanol–water partition coefficient (Wildman–Crippen LogP) is 1.75. The van der Waals surface area contributed by atoms with Crippen LogP contribution in [0.15, 0.2) is 18.5 Å². The summed E-state index contributed by atoms with van der Waals surface area (Å²) < 4.78 is 0. The first-order valence-electron chi connectivity index (χ1n) is 4.02. The second-order valence-corrected chi connectivity index (χ2v) is 3.76. The topological polar surface area (TPSA) is 24.9 Å². The number of fused-ring (bicyclic) bond motifs is 3. The van der Waals surface area contributed by atoms with Crippen molar-refractivity contribution in [2.75, 3.05) is 5.32 Å². The zero-order chi connectivity index (χ0) is 7.47. The summed E-state index contributed by atoms with van der Waals surface area (Å²) in [5.74, 6) is 0.742. The molecule has 1 aliphatic heterocycles. The standard InChI is InChI=1S/C9H10N2/c1-9-4-7(9)6-5-10-3-2-8(6)11-9/h2-3,5,7,11H,4H2,1H3. The Kier molecular flexibility index (Phi) is 0.721. The van der Waals surface area contributed by atoms with E-state index < -0.39 is 0 Å². The fourth-order valence-electron chi connectivity index (χ4n) is 2.06. The van der Waals surface area contributed by atoms with Crippen LogP contribution in [0.3, 0.4) is 0 Å². The normalized spacial score (nSPS) is 37.4. The minimum Gasteiger partial charge on any atom is -0.379 e. The highest BCUT2D eigenvalue weighted by Gasteiger charge is 2.56. The van der Waals surface area contributed by atoms with Crippen LogP contribution in [0.2, 0.25) is 0 Å². The Morgan fingerprint density at radius 3 is 3.45 bits per heavy atom. The number of hydrogen-bond acceptors (Lipinski definition) is 2. The molecule has 2 unspecified atom stereocenters. The molecule has 2 aliphatic rings. The molecule has 0 saturated heterocycles. The van der Waals surface area contributed by atoms with Crippen LogP contribution in [-0.2, 0) is 0 Å². The van der Waals surface area contributed by atoms with Gasteiger partial charge in [0.05, 0.1) is 0 Å². The predicted molar refractivity (Wildman–Crippen MR) is 43.6 cm³/mol. The molecular weight excluding hydrogens is 136 g/mol. The van der Waals surface area contributed by atoms with Crippen molar-refractivity contribution in [3.8, 4) is 0 Å². The van der Waals surface area contributed by atoms with Gasteiger partial charge in [0.2, 0.25) is 0 Å². The highest BCUT2D eigenvalue weighted by Crippen LogP contribution is 2.59. The highest BCUT2D eigenvalue weighted by atomic mass is 15.1. The van der Waals surface area contributed by atoms with Gasteiger partial charge in [0.15, 0.2) is 0 Å². The van der Waals surface area contributed by atoms with Gasteiger partial charge in [0.25, 0.3) is 0 Å². The van der Waals surface area contributed by atoms with Gasteiger partial charge in [0, 0.05) is 29.5 Å². The van der Waals surface area contributed by atoms with E-state index in [1.54, 1.807) is 0 Å². The molecule has 0 aromatic carbocycles. The van der Waals surface area contributed by atoms with E-state index >= 15 is 0 Å². The summed E-state index contributed by atoms with van der Waals surface area (Å²) in [4.78, 5) is 4.12. The zero-order valence-electron chi connectivity index (χ0n) is 6.46. The first kappa shape index (κ1) is 5.58. The van der Waals surface area contributed by atoms with E-state index in [1.165, 1.54) is 17.7 Å². The van der Waals surface area contributed by atoms with Crippen LogP contribution in [0.1, 0.15) is 24.8 Å². The molecule has 1 N–H and O–H groups in total. The van der Waals surface area contributed by atoms with Crippen molar-refractivity contribution in [3.63, 3.8) is 0 Å². The zero-order valence-corrected chi connectivity index (χ0v) is 6.46. The number of pyridine rings is 1. The molecular formula is C9H10N2. The van der Waals surface area contributed by atoms with Gasteiger partial charge >= 0.3 is 0 Å². The second-order valence-electron chi connectivity index (χ2n) is 3.76. The third-order valence-corrected chi connectivity index (χ3v) is 2.88. The minimum absolute atomic E-state index is 0.380. The van der Waals surface area contributed by atoms with E-state index in [-0.39, 0.29) is 0 Å². The fraction of sp³-hybridized carbons (Fsp3) is 0.444. The lowest BCUT2D eigenvalue weighted by atomic mass is 10.2. The molecule has 1 fully saturated rings. The lowest BCUT2D eigenvalue weighted by Crippen LogP contribution is -2.12. The Balaban J connectivity index is 2.18. The van der Waals surface area contributed by atoms with Crippen LogP contribution < -0.4 is 5.32 Å². The average Bonchev–Trinajstić information content (AvgIpc) is 2.56. The Bertz CT molecular complexity index is 321. The SMILES string of the molecule is CC12CC1c1cnccc1N2. The molecule has 3 rings (SSSR count). The van der Waals surface area contributed by atoms with Crippen LogP contribution in [0.4, 0.5) is 5.69 Å². The smallest absolute Gasteiger partial charge is 0.0423 e. The summed E-state index contributed by atoms with van der Waals surface area (Å²) in [5, 5.41) is 3.51. The summed E-state index contributed by atoms with van der Waals surface area (Å²) >= 11 is 0. The van der Waals surface area contributed by atoms with Gasteiger partial charge in [0.1, 0.15) is 0 Å². The lowest BCUT2D eigenvalue weighted by Gasteiger charge is -2.07. The van der Waals surface area contributed by atoms with E-state index in [0.717, 1.165) is 5.92 Å². The maximum absolute atomic E-state index is 4.12. The van der Waals surface area contributed by atoms with Crippen molar-refractivity contribution in [1.29, 1.82) is 0 Å². The van der Waals surface area contributed by atoms with E-state index in [1.807, 2.05) is 12.4 Å². The fourth-order valence-corrected chi connectivity index (χ4v) is 2.06. The van der Waals surface area contributed by atoms with Crippen molar-refractivity contribution in [2.24, 2.45) is 0 Å². The molecule has 2 heteroatoms. The number of nitrogens with zero attached hydrogens (tertiary/aromatic N) is 1. The summed E-state index contributed by atoms with van der Waals surface area (Å²) in [5.41, 5.74) is 3.08. The van der Waals surface area contributed by atoms with Crippen LogP contribution in [0, 0.1) is 0 Å². The Labute approximate surface area is 65.6 Å². The number of aromatic nitrogens is 1. The number of rotatable bonds is 0. The molecule has 0 bridgehead atoms. The minimum atomic E-state index is 0.380. The summed E-state index contributed by atoms with van der Waals surface area (Å²) in [7, 11) is 0. The van der Waals surface area contributed by atoms with Crippen molar-refractivity contribution >= 4 is 5.69 Å². The molecule has 1 aromatic heterocycles. The van der Waals surface area contributed by atoms with Gasteiger partial charge in [-0.25, -0.2) is 0 Å². The third-order valence-electron chi connectivity index (χ3n) is 2.88. The molecule has 2 atom stereocenters. The molecule has 0 radical (unpaired) electrons. The molecule has 2 heterocycles. The Hall–Kier alpha value is -1.05. The van der Waals surface area contributed by atoms with Crippen LogP contribution >= 0.6 is 0 Å². The Morgan fingerprint density at radius 2 is 2.64 bits per heavy atom. The van der Waals surface area contributed by atoms with Crippen molar-refractivity contribution < 1.29 is 0 Å². The van der Waals surface area contributed by atoms with Crippen molar-refractivity contribution in [1.82, 2.24) is 4.98 Å². The number of hydrogen-bond donors (Lipinski definition) is 1. The van der Waals surface area contributed by atoms with Crippen molar-refractivity contribution in [2.45, 2.75) is 24.8 Å². The largest absolute Gasteiger partial charge is 0.379 e. The lowest BCUT2D eigenvalue weighted by molar-refractivity contribution is 0.825.